The van der Waals surface area contributed by atoms with E-state index in [0.29, 0.717) is 0 Å². The highest BCUT2D eigenvalue weighted by Crippen LogP contribution is 2.36. The summed E-state index contributed by atoms with van der Waals surface area (Å²) in [4.78, 5) is 4.65. The maximum absolute atomic E-state index is 13.2. The van der Waals surface area contributed by atoms with Crippen molar-refractivity contribution in [2.24, 2.45) is 0 Å². The molecule has 3 heteroatoms. The van der Waals surface area contributed by atoms with Gasteiger partial charge in [0.25, 0.3) is 0 Å². The van der Waals surface area contributed by atoms with Crippen LogP contribution in [0.25, 0.3) is 16.9 Å². The Morgan fingerprint density at radius 1 is 1.22 bits per heavy atom. The number of rotatable bonds is 0. The highest BCUT2D eigenvalue weighted by atomic mass is 19.1. The van der Waals surface area contributed by atoms with Gasteiger partial charge >= 0.3 is 0 Å². The average molecular weight is 238 g/mol. The van der Waals surface area contributed by atoms with Gasteiger partial charge in [-0.15, -0.1) is 0 Å². The number of hydrogen-bond acceptors (Lipinski definition) is 1. The van der Waals surface area contributed by atoms with Gasteiger partial charge in [-0.25, -0.2) is 9.37 Å². The van der Waals surface area contributed by atoms with Gasteiger partial charge in [-0.2, -0.15) is 0 Å². The fourth-order valence-electron chi connectivity index (χ4n) is 2.70. The minimum absolute atomic E-state index is 0.176. The number of imidazole rings is 1. The van der Waals surface area contributed by atoms with E-state index in [1.54, 1.807) is 6.07 Å². The molecule has 18 heavy (non-hydrogen) atoms. The van der Waals surface area contributed by atoms with Gasteiger partial charge in [0.05, 0.1) is 11.4 Å². The van der Waals surface area contributed by atoms with Crippen LogP contribution in [0.5, 0.6) is 0 Å². The number of halogens is 1. The number of fused-ring (bicyclic) bond motifs is 5. The average Bonchev–Trinajstić information content (AvgIpc) is 2.84. The summed E-state index contributed by atoms with van der Waals surface area (Å²) >= 11 is 0. The molecule has 1 aromatic carbocycles. The van der Waals surface area contributed by atoms with Crippen LogP contribution in [0.4, 0.5) is 4.39 Å². The first-order chi connectivity index (χ1) is 8.72. The van der Waals surface area contributed by atoms with Crippen LogP contribution in [0, 0.1) is 12.7 Å². The Balaban J connectivity index is 2.04. The first-order valence-electron chi connectivity index (χ1n) is 5.99. The molecule has 2 aromatic heterocycles. The number of hydrogen-bond donors (Lipinski definition) is 0. The second-order valence-corrected chi connectivity index (χ2v) is 4.82. The smallest absolute Gasteiger partial charge is 0.137 e. The zero-order valence-electron chi connectivity index (χ0n) is 9.94. The number of benzene rings is 1. The summed E-state index contributed by atoms with van der Waals surface area (Å²) in [5.41, 5.74) is 6.41. The molecule has 0 aliphatic heterocycles. The summed E-state index contributed by atoms with van der Waals surface area (Å²) < 4.78 is 15.4. The van der Waals surface area contributed by atoms with Gasteiger partial charge in [-0.1, -0.05) is 6.07 Å². The third kappa shape index (κ3) is 1.19. The fourth-order valence-corrected chi connectivity index (χ4v) is 2.70. The standard InChI is InChI=1S/C15H11FN2/c1-9-2-5-14-17-15-12-4-3-11(16)6-10(12)7-13(15)18(14)8-9/h2-6,8H,7H2,1H3. The van der Waals surface area contributed by atoms with E-state index in [9.17, 15) is 4.39 Å². The van der Waals surface area contributed by atoms with Crippen molar-refractivity contribution >= 4 is 5.65 Å². The van der Waals surface area contributed by atoms with Crippen LogP contribution >= 0.6 is 0 Å². The van der Waals surface area contributed by atoms with Crippen LogP contribution in [0.2, 0.25) is 0 Å². The Kier molecular flexibility index (Phi) is 1.74. The Bertz CT molecular complexity index is 787. The zero-order valence-corrected chi connectivity index (χ0v) is 9.94. The van der Waals surface area contributed by atoms with E-state index in [-0.39, 0.29) is 5.82 Å². The lowest BCUT2D eigenvalue weighted by Gasteiger charge is -2.01. The van der Waals surface area contributed by atoms with Crippen LogP contribution in [-0.2, 0) is 6.42 Å². The van der Waals surface area contributed by atoms with Gasteiger partial charge in [-0.3, -0.25) is 0 Å². The second-order valence-electron chi connectivity index (χ2n) is 4.82. The normalized spacial score (nSPS) is 12.8. The van der Waals surface area contributed by atoms with E-state index in [2.05, 4.69) is 28.6 Å². The quantitative estimate of drug-likeness (QED) is 0.459. The molecule has 0 radical (unpaired) electrons. The number of aromatic nitrogens is 2. The molecule has 88 valence electrons. The predicted molar refractivity (Wildman–Crippen MR) is 68.1 cm³/mol. The zero-order chi connectivity index (χ0) is 12.3. The maximum Gasteiger partial charge on any atom is 0.137 e. The van der Waals surface area contributed by atoms with E-state index in [0.717, 1.165) is 34.6 Å². The minimum atomic E-state index is -0.176. The summed E-state index contributed by atoms with van der Waals surface area (Å²) in [5.74, 6) is -0.176. The molecule has 1 aliphatic rings. The molecule has 0 spiro atoms. The van der Waals surface area contributed by atoms with E-state index < -0.39 is 0 Å². The summed E-state index contributed by atoms with van der Waals surface area (Å²) in [6.07, 6.45) is 2.84. The molecular weight excluding hydrogens is 227 g/mol. The number of aryl methyl sites for hydroxylation is 1. The fraction of sp³-hybridized carbons (Fsp3) is 0.133. The van der Waals surface area contributed by atoms with Gasteiger partial charge in [0, 0.05) is 18.2 Å². The van der Waals surface area contributed by atoms with Crippen molar-refractivity contribution in [2.45, 2.75) is 13.3 Å². The maximum atomic E-state index is 13.2. The summed E-state index contributed by atoms with van der Waals surface area (Å²) in [5, 5.41) is 0. The molecule has 2 nitrogen and oxygen atoms in total. The monoisotopic (exact) mass is 238 g/mol. The Morgan fingerprint density at radius 2 is 2.11 bits per heavy atom. The van der Waals surface area contributed by atoms with Gasteiger partial charge in [0.15, 0.2) is 0 Å². The van der Waals surface area contributed by atoms with Crippen molar-refractivity contribution in [3.63, 3.8) is 0 Å². The molecule has 0 atom stereocenters. The van der Waals surface area contributed by atoms with E-state index in [1.165, 1.54) is 11.6 Å². The molecular formula is C15H11FN2. The molecule has 2 heterocycles. The third-order valence-corrected chi connectivity index (χ3v) is 3.55. The van der Waals surface area contributed by atoms with Crippen LogP contribution in [0.15, 0.2) is 36.5 Å². The molecule has 1 aliphatic carbocycles. The van der Waals surface area contributed by atoms with Crippen molar-refractivity contribution in [1.29, 1.82) is 0 Å². The van der Waals surface area contributed by atoms with Crippen LogP contribution in [0.3, 0.4) is 0 Å². The molecule has 3 aromatic rings. The summed E-state index contributed by atoms with van der Waals surface area (Å²) in [6, 6.07) is 9.03. The van der Waals surface area contributed by atoms with Crippen molar-refractivity contribution < 1.29 is 4.39 Å². The van der Waals surface area contributed by atoms with Crippen LogP contribution in [0.1, 0.15) is 16.8 Å². The lowest BCUT2D eigenvalue weighted by molar-refractivity contribution is 0.626. The lowest BCUT2D eigenvalue weighted by Crippen LogP contribution is -1.92. The Labute approximate surface area is 104 Å². The van der Waals surface area contributed by atoms with Gasteiger partial charge in [-0.05, 0) is 42.3 Å². The van der Waals surface area contributed by atoms with Crippen molar-refractivity contribution in [2.75, 3.05) is 0 Å². The van der Waals surface area contributed by atoms with Crippen LogP contribution in [-0.4, -0.2) is 9.38 Å². The molecule has 0 fully saturated rings. The van der Waals surface area contributed by atoms with E-state index >= 15 is 0 Å². The highest BCUT2D eigenvalue weighted by Gasteiger charge is 2.24. The van der Waals surface area contributed by atoms with Gasteiger partial charge in [0.2, 0.25) is 0 Å². The van der Waals surface area contributed by atoms with E-state index in [4.69, 9.17) is 0 Å². The molecule has 0 amide bonds. The third-order valence-electron chi connectivity index (χ3n) is 3.55. The minimum Gasteiger partial charge on any atom is -0.303 e. The predicted octanol–water partition coefficient (Wildman–Crippen LogP) is 3.35. The van der Waals surface area contributed by atoms with Gasteiger partial charge in [0.1, 0.15) is 11.5 Å². The lowest BCUT2D eigenvalue weighted by atomic mass is 10.1. The van der Waals surface area contributed by atoms with Crippen molar-refractivity contribution in [3.8, 4) is 11.3 Å². The summed E-state index contributed by atoms with van der Waals surface area (Å²) in [7, 11) is 0. The summed E-state index contributed by atoms with van der Waals surface area (Å²) in [6.45, 7) is 2.06. The van der Waals surface area contributed by atoms with Crippen molar-refractivity contribution in [3.05, 3.63) is 59.2 Å². The first-order valence-corrected chi connectivity index (χ1v) is 5.99. The SMILES string of the molecule is Cc1ccc2nc3c(n2c1)Cc1cc(F)ccc1-3. The number of nitrogens with zero attached hydrogens (tertiary/aromatic N) is 2. The van der Waals surface area contributed by atoms with Crippen molar-refractivity contribution in [1.82, 2.24) is 9.38 Å². The van der Waals surface area contributed by atoms with E-state index in [1.807, 2.05) is 12.1 Å². The molecule has 0 unspecified atom stereocenters. The molecule has 4 rings (SSSR count). The molecule has 0 N–H and O–H groups in total. The Hall–Kier alpha value is -2.16. The second kappa shape index (κ2) is 3.19. The molecule has 0 saturated carbocycles. The highest BCUT2D eigenvalue weighted by molar-refractivity contribution is 5.75. The molecule has 0 saturated heterocycles. The first kappa shape index (κ1) is 9.83. The molecule has 0 bridgehead atoms. The largest absolute Gasteiger partial charge is 0.303 e. The number of pyridine rings is 1. The Morgan fingerprint density at radius 3 is 3.00 bits per heavy atom. The van der Waals surface area contributed by atoms with Crippen LogP contribution < -0.4 is 0 Å². The topological polar surface area (TPSA) is 17.3 Å². The van der Waals surface area contributed by atoms with Gasteiger partial charge < -0.3 is 4.40 Å².